The molecule has 1 aliphatic carbocycles. The largest absolute Gasteiger partial charge is 0.310 e. The van der Waals surface area contributed by atoms with E-state index in [4.69, 9.17) is 0 Å². The Morgan fingerprint density at radius 1 is 0.294 bits per heavy atom. The third kappa shape index (κ3) is 6.67. The van der Waals surface area contributed by atoms with Gasteiger partial charge in [0.1, 0.15) is 0 Å². The fraction of sp³-hybridized carbons (Fsp3) is 0.0154. The summed E-state index contributed by atoms with van der Waals surface area (Å²) >= 11 is 0. The summed E-state index contributed by atoms with van der Waals surface area (Å²) in [5.74, 6) is 0. The smallest absolute Gasteiger partial charge is 0.0561 e. The van der Waals surface area contributed by atoms with Crippen LogP contribution in [0.3, 0.4) is 0 Å². The van der Waals surface area contributed by atoms with E-state index in [0.717, 1.165) is 46.1 Å². The van der Waals surface area contributed by atoms with Crippen LogP contribution >= 0.6 is 0 Å². The normalized spacial score (nSPS) is 11.8. The van der Waals surface area contributed by atoms with Crippen molar-refractivity contribution in [3.63, 3.8) is 0 Å². The van der Waals surface area contributed by atoms with Crippen LogP contribution in [-0.2, 0) is 6.42 Å². The van der Waals surface area contributed by atoms with E-state index in [1.807, 2.05) is 0 Å². The third-order valence-corrected chi connectivity index (χ3v) is 13.8. The second-order valence-corrected chi connectivity index (χ2v) is 17.7. The number of aromatic nitrogens is 1. The molecule has 3 nitrogen and oxygen atoms in total. The molecule has 1 aliphatic rings. The number of benzene rings is 11. The van der Waals surface area contributed by atoms with E-state index in [9.17, 15) is 0 Å². The van der Waals surface area contributed by atoms with Gasteiger partial charge in [-0.05, 0) is 130 Å². The molecular formula is C65H45N3. The number of nitrogens with zero attached hydrogens (tertiary/aromatic N) is 3. The summed E-state index contributed by atoms with van der Waals surface area (Å²) < 4.78 is 2.39. The molecule has 0 spiro atoms. The molecule has 13 rings (SSSR count). The number of anilines is 6. The number of rotatable bonds is 9. The minimum Gasteiger partial charge on any atom is -0.310 e. The monoisotopic (exact) mass is 867 g/mol. The molecule has 1 aromatic heterocycles. The lowest BCUT2D eigenvalue weighted by molar-refractivity contribution is 1.18. The van der Waals surface area contributed by atoms with Crippen LogP contribution in [0.2, 0.25) is 0 Å². The Morgan fingerprint density at radius 2 is 0.853 bits per heavy atom. The van der Waals surface area contributed by atoms with Crippen molar-refractivity contribution < 1.29 is 0 Å². The zero-order valence-corrected chi connectivity index (χ0v) is 37.4. The van der Waals surface area contributed by atoms with E-state index in [-0.39, 0.29) is 0 Å². The predicted molar refractivity (Wildman–Crippen MR) is 287 cm³/mol. The summed E-state index contributed by atoms with van der Waals surface area (Å²) in [6.07, 6.45) is 0.935. The summed E-state index contributed by atoms with van der Waals surface area (Å²) in [5.41, 5.74) is 20.4. The maximum Gasteiger partial charge on any atom is 0.0561 e. The molecule has 3 heteroatoms. The van der Waals surface area contributed by atoms with Crippen molar-refractivity contribution in [2.24, 2.45) is 0 Å². The van der Waals surface area contributed by atoms with Gasteiger partial charge in [-0.25, -0.2) is 0 Å². The van der Waals surface area contributed by atoms with Crippen molar-refractivity contribution in [1.29, 1.82) is 0 Å². The fourth-order valence-electron chi connectivity index (χ4n) is 10.7. The molecule has 0 saturated carbocycles. The summed E-state index contributed by atoms with van der Waals surface area (Å²) in [4.78, 5) is 4.85. The first-order chi connectivity index (χ1) is 33.7. The molecule has 1 heterocycles. The molecule has 0 radical (unpaired) electrons. The number of hydrogen-bond acceptors (Lipinski definition) is 2. The van der Waals surface area contributed by atoms with Crippen molar-refractivity contribution in [1.82, 2.24) is 4.57 Å². The van der Waals surface area contributed by atoms with E-state index in [1.54, 1.807) is 0 Å². The van der Waals surface area contributed by atoms with Crippen LogP contribution in [0, 0.1) is 0 Å². The minimum atomic E-state index is 0.935. The third-order valence-electron chi connectivity index (χ3n) is 13.8. The van der Waals surface area contributed by atoms with Crippen LogP contribution in [-0.4, -0.2) is 4.57 Å². The van der Waals surface area contributed by atoms with Crippen molar-refractivity contribution in [3.8, 4) is 39.1 Å². The first-order valence-corrected chi connectivity index (χ1v) is 23.5. The zero-order valence-electron chi connectivity index (χ0n) is 37.4. The Labute approximate surface area is 396 Å². The topological polar surface area (TPSA) is 11.4 Å². The van der Waals surface area contributed by atoms with Crippen molar-refractivity contribution in [3.05, 3.63) is 272 Å². The van der Waals surface area contributed by atoms with Crippen molar-refractivity contribution >= 4 is 66.7 Å². The van der Waals surface area contributed by atoms with E-state index < -0.39 is 0 Å². The van der Waals surface area contributed by atoms with Gasteiger partial charge in [0.15, 0.2) is 0 Å². The summed E-state index contributed by atoms with van der Waals surface area (Å²) in [6.45, 7) is 0. The van der Waals surface area contributed by atoms with Gasteiger partial charge in [-0.15, -0.1) is 0 Å². The molecule has 68 heavy (non-hydrogen) atoms. The van der Waals surface area contributed by atoms with Crippen molar-refractivity contribution in [2.45, 2.75) is 6.42 Å². The van der Waals surface area contributed by atoms with Gasteiger partial charge in [0.05, 0.1) is 22.4 Å². The van der Waals surface area contributed by atoms with Gasteiger partial charge in [-0.2, -0.15) is 0 Å². The number of hydrogen-bond donors (Lipinski definition) is 0. The molecule has 0 aliphatic heterocycles. The molecular weight excluding hydrogens is 823 g/mol. The second-order valence-electron chi connectivity index (χ2n) is 17.7. The number of fused-ring (bicyclic) bond motifs is 7. The maximum atomic E-state index is 2.48. The molecule has 0 amide bonds. The molecule has 0 atom stereocenters. The van der Waals surface area contributed by atoms with Gasteiger partial charge in [-0.1, -0.05) is 182 Å². The van der Waals surface area contributed by atoms with Gasteiger partial charge < -0.3 is 14.4 Å². The zero-order chi connectivity index (χ0) is 45.0. The van der Waals surface area contributed by atoms with Crippen LogP contribution in [0.4, 0.5) is 34.1 Å². The number of para-hydroxylation sites is 3. The highest BCUT2D eigenvalue weighted by atomic mass is 15.2. The van der Waals surface area contributed by atoms with E-state index in [1.165, 1.54) is 77.2 Å². The Bertz CT molecular complexity index is 3800. The first-order valence-electron chi connectivity index (χ1n) is 23.5. The van der Waals surface area contributed by atoms with Crippen LogP contribution < -0.4 is 9.80 Å². The maximum absolute atomic E-state index is 2.48. The molecule has 0 saturated heterocycles. The van der Waals surface area contributed by atoms with Gasteiger partial charge >= 0.3 is 0 Å². The lowest BCUT2D eigenvalue weighted by Crippen LogP contribution is -2.12. The highest BCUT2D eigenvalue weighted by Crippen LogP contribution is 2.50. The predicted octanol–water partition coefficient (Wildman–Crippen LogP) is 17.8. The fourth-order valence-corrected chi connectivity index (χ4v) is 10.7. The van der Waals surface area contributed by atoms with Gasteiger partial charge in [-0.3, -0.25) is 0 Å². The second kappa shape index (κ2) is 16.5. The molecule has 320 valence electrons. The summed E-state index contributed by atoms with van der Waals surface area (Å²) in [7, 11) is 0. The Kier molecular flexibility index (Phi) is 9.57. The van der Waals surface area contributed by atoms with Crippen LogP contribution in [0.1, 0.15) is 11.1 Å². The molecule has 11 aromatic carbocycles. The van der Waals surface area contributed by atoms with Crippen LogP contribution in [0.5, 0.6) is 0 Å². The van der Waals surface area contributed by atoms with Gasteiger partial charge in [0, 0.05) is 50.2 Å². The Balaban J connectivity index is 0.929. The lowest BCUT2D eigenvalue weighted by Gasteiger charge is -2.30. The summed E-state index contributed by atoms with van der Waals surface area (Å²) in [5, 5.41) is 4.87. The molecule has 0 N–H and O–H groups in total. The van der Waals surface area contributed by atoms with E-state index in [2.05, 4.69) is 275 Å². The standard InChI is InChI=1S/C65H45N3/c1-4-17-45(18-5-1)46-31-35-53(36-32-46)67(63-30-16-20-49-43-48-19-10-11-25-56(48)65(49)63)62-42-41-55(57-26-12-13-27-58(57)62)47-33-37-52(38-34-47)66(50-21-6-2-7-22-50)54-39-40-60-59-28-14-15-29-61(59)68(64(60)44-54)51-23-8-3-9-24-51/h1-42,44H,43H2. The van der Waals surface area contributed by atoms with Crippen LogP contribution in [0.25, 0.3) is 71.6 Å². The Hall–Kier alpha value is -8.92. The SMILES string of the molecule is c1ccc(-c2ccc(N(c3cccc4c3-c3ccccc3C4)c3ccc(-c4ccc(N(c5ccccc5)c5ccc6c7ccccc7n(-c7ccccc7)c6c5)cc4)c4ccccc34)cc2)cc1. The Morgan fingerprint density at radius 3 is 1.63 bits per heavy atom. The first kappa shape index (κ1) is 39.4. The average Bonchev–Trinajstić information content (AvgIpc) is 3.96. The van der Waals surface area contributed by atoms with Crippen molar-refractivity contribution in [2.75, 3.05) is 9.80 Å². The summed E-state index contributed by atoms with van der Waals surface area (Å²) in [6, 6.07) is 95.1. The van der Waals surface area contributed by atoms with E-state index >= 15 is 0 Å². The molecule has 0 unspecified atom stereocenters. The van der Waals surface area contributed by atoms with E-state index in [0.29, 0.717) is 0 Å². The highest BCUT2D eigenvalue weighted by Gasteiger charge is 2.27. The highest BCUT2D eigenvalue weighted by molar-refractivity contribution is 6.11. The van der Waals surface area contributed by atoms with Gasteiger partial charge in [0.25, 0.3) is 0 Å². The quantitative estimate of drug-likeness (QED) is 0.143. The van der Waals surface area contributed by atoms with Crippen LogP contribution in [0.15, 0.2) is 261 Å². The average molecular weight is 868 g/mol. The minimum absolute atomic E-state index is 0.935. The van der Waals surface area contributed by atoms with Gasteiger partial charge in [0.2, 0.25) is 0 Å². The molecule has 0 fully saturated rings. The molecule has 0 bridgehead atoms. The lowest BCUT2D eigenvalue weighted by atomic mass is 9.95. The molecule has 12 aromatic rings.